The third-order valence-corrected chi connectivity index (χ3v) is 9.49. The summed E-state index contributed by atoms with van der Waals surface area (Å²) in [5, 5.41) is 20.9. The maximum absolute atomic E-state index is 14.2. The molecule has 1 aromatic carbocycles. The minimum atomic E-state index is -0.496. The molecule has 2 N–H and O–H groups in total. The van der Waals surface area contributed by atoms with Crippen molar-refractivity contribution in [1.29, 1.82) is 0 Å². The summed E-state index contributed by atoms with van der Waals surface area (Å²) in [6, 6.07) is 10.7. The largest absolute Gasteiger partial charge is 0.497 e. The van der Waals surface area contributed by atoms with Crippen molar-refractivity contribution in [3.8, 4) is 5.75 Å². The third-order valence-electron chi connectivity index (χ3n) is 8.73. The van der Waals surface area contributed by atoms with Gasteiger partial charge in [0.15, 0.2) is 11.0 Å². The van der Waals surface area contributed by atoms with Gasteiger partial charge in [-0.15, -0.1) is 21.5 Å². The number of alkyl carbamates (subject to hydrolysis) is 1. The van der Waals surface area contributed by atoms with E-state index in [1.807, 2.05) is 53.5 Å². The van der Waals surface area contributed by atoms with E-state index in [4.69, 9.17) is 14.5 Å². The summed E-state index contributed by atoms with van der Waals surface area (Å²) in [6.45, 7) is 8.59. The van der Waals surface area contributed by atoms with Crippen LogP contribution in [0.3, 0.4) is 0 Å². The fraction of sp³-hybridized carbons (Fsp3) is 0.405. The fourth-order valence-corrected chi connectivity index (χ4v) is 6.69. The van der Waals surface area contributed by atoms with Gasteiger partial charge in [-0.25, -0.2) is 14.8 Å². The Morgan fingerprint density at radius 1 is 1.11 bits per heavy atom. The highest BCUT2D eigenvalue weighted by atomic mass is 32.1. The second-order valence-electron chi connectivity index (χ2n) is 14.2. The quantitative estimate of drug-likeness (QED) is 0.186. The van der Waals surface area contributed by atoms with Gasteiger partial charge in [-0.2, -0.15) is 4.80 Å². The average Bonchev–Trinajstić information content (AvgIpc) is 3.81. The number of hydrogen-bond acceptors (Lipinski definition) is 13. The molecule has 2 amide bonds. The van der Waals surface area contributed by atoms with Crippen molar-refractivity contribution in [2.24, 2.45) is 0 Å². The lowest BCUT2D eigenvalue weighted by Gasteiger charge is -2.34. The minimum absolute atomic E-state index is 0.158. The van der Waals surface area contributed by atoms with E-state index in [1.54, 1.807) is 31.4 Å². The zero-order valence-electron chi connectivity index (χ0n) is 31.3. The summed E-state index contributed by atoms with van der Waals surface area (Å²) in [4.78, 5) is 55.0. The molecule has 16 nitrogen and oxygen atoms in total. The molecule has 1 saturated heterocycles. The molecule has 1 aliphatic heterocycles. The number of thiazole rings is 1. The number of amides is 2. The van der Waals surface area contributed by atoms with Crippen molar-refractivity contribution in [2.75, 3.05) is 57.6 Å². The van der Waals surface area contributed by atoms with Crippen LogP contribution in [0.2, 0.25) is 0 Å². The maximum atomic E-state index is 14.2. The topological polar surface area (TPSA) is 174 Å². The van der Waals surface area contributed by atoms with Crippen LogP contribution in [0.15, 0.2) is 52.8 Å². The molecule has 1 fully saturated rings. The van der Waals surface area contributed by atoms with Crippen LogP contribution in [0, 0.1) is 0 Å². The highest BCUT2D eigenvalue weighted by Crippen LogP contribution is 2.27. The fourth-order valence-electron chi connectivity index (χ4n) is 5.76. The first kappa shape index (κ1) is 38.1. The molecule has 0 aliphatic carbocycles. The number of tetrazole rings is 1. The number of ether oxygens (including phenoxy) is 2. The summed E-state index contributed by atoms with van der Waals surface area (Å²) in [7, 11) is 5.47. The second kappa shape index (κ2) is 16.6. The van der Waals surface area contributed by atoms with Gasteiger partial charge in [-0.05, 0) is 74.1 Å². The minimum Gasteiger partial charge on any atom is -0.497 e. The van der Waals surface area contributed by atoms with Crippen molar-refractivity contribution in [3.63, 3.8) is 0 Å². The lowest BCUT2D eigenvalue weighted by atomic mass is 9.93. The van der Waals surface area contributed by atoms with Gasteiger partial charge >= 0.3 is 6.09 Å². The normalized spacial score (nSPS) is 14.9. The number of hydrogen-bond donors (Lipinski definition) is 2. The van der Waals surface area contributed by atoms with Gasteiger partial charge in [-0.1, -0.05) is 32.9 Å². The molecule has 6 rings (SSSR count). The van der Waals surface area contributed by atoms with E-state index >= 15 is 0 Å². The van der Waals surface area contributed by atoms with Crippen molar-refractivity contribution < 1.29 is 19.1 Å². The number of nitrogens with one attached hydrogen (secondary N) is 2. The number of anilines is 2. The van der Waals surface area contributed by atoms with Gasteiger partial charge in [0.25, 0.3) is 11.5 Å². The summed E-state index contributed by atoms with van der Waals surface area (Å²) >= 11 is 1.35. The monoisotopic (exact) mass is 755 g/mol. The average molecular weight is 756 g/mol. The Kier molecular flexibility index (Phi) is 11.7. The number of piperidine rings is 1. The molecular formula is C37H45N11O5S. The van der Waals surface area contributed by atoms with Crippen molar-refractivity contribution in [2.45, 2.75) is 51.7 Å². The number of likely N-dealkylation sites (N-methyl/N-ethyl adjacent to an activating group) is 1. The number of aromatic nitrogens is 7. The Balaban J connectivity index is 1.28. The summed E-state index contributed by atoms with van der Waals surface area (Å²) in [6.07, 6.45) is 5.21. The van der Waals surface area contributed by atoms with Crippen LogP contribution in [0.4, 0.5) is 15.7 Å². The van der Waals surface area contributed by atoms with Gasteiger partial charge in [0.05, 0.1) is 31.5 Å². The molecule has 17 heteroatoms. The molecule has 0 spiro atoms. The van der Waals surface area contributed by atoms with Gasteiger partial charge < -0.3 is 24.6 Å². The summed E-state index contributed by atoms with van der Waals surface area (Å²) < 4.78 is 12.4. The zero-order valence-corrected chi connectivity index (χ0v) is 32.1. The van der Waals surface area contributed by atoms with E-state index in [0.29, 0.717) is 67.9 Å². The van der Waals surface area contributed by atoms with Crippen LogP contribution >= 0.6 is 11.3 Å². The molecule has 1 aliphatic rings. The van der Waals surface area contributed by atoms with Crippen LogP contribution in [0.25, 0.3) is 17.8 Å². The molecule has 284 valence electrons. The second-order valence-corrected chi connectivity index (χ2v) is 15.1. The molecule has 5 aromatic rings. The molecule has 54 heavy (non-hydrogen) atoms. The van der Waals surface area contributed by atoms with E-state index in [1.165, 1.54) is 26.7 Å². The molecule has 0 saturated carbocycles. The number of methoxy groups -OCH3 is 1. The Hall–Kier alpha value is -5.68. The van der Waals surface area contributed by atoms with E-state index in [9.17, 15) is 14.4 Å². The van der Waals surface area contributed by atoms with Gasteiger partial charge in [0.2, 0.25) is 0 Å². The lowest BCUT2D eigenvalue weighted by Crippen LogP contribution is -2.44. The number of fused-ring (bicyclic) bond motifs is 1. The van der Waals surface area contributed by atoms with Crippen molar-refractivity contribution in [3.05, 3.63) is 86.5 Å². The summed E-state index contributed by atoms with van der Waals surface area (Å²) in [5.74, 6) is 1.06. The van der Waals surface area contributed by atoms with Gasteiger partial charge in [-0.3, -0.25) is 19.3 Å². The molecule has 0 bridgehead atoms. The molecule has 0 radical (unpaired) electrons. The first-order valence-electron chi connectivity index (χ1n) is 17.6. The molecular weight excluding hydrogens is 711 g/mol. The Morgan fingerprint density at radius 2 is 1.91 bits per heavy atom. The predicted octanol–water partition coefficient (Wildman–Crippen LogP) is 4.17. The highest BCUT2D eigenvalue weighted by molar-refractivity contribution is 7.14. The molecule has 5 heterocycles. The Labute approximate surface area is 316 Å². The predicted molar refractivity (Wildman–Crippen MR) is 207 cm³/mol. The van der Waals surface area contributed by atoms with Gasteiger partial charge in [0, 0.05) is 42.2 Å². The van der Waals surface area contributed by atoms with E-state index in [2.05, 4.69) is 51.8 Å². The van der Waals surface area contributed by atoms with E-state index in [-0.39, 0.29) is 28.1 Å². The maximum Gasteiger partial charge on any atom is 0.407 e. The van der Waals surface area contributed by atoms with Crippen LogP contribution in [0.1, 0.15) is 66.6 Å². The van der Waals surface area contributed by atoms with E-state index in [0.717, 1.165) is 17.0 Å². The van der Waals surface area contributed by atoms with Crippen molar-refractivity contribution in [1.82, 2.24) is 44.8 Å². The standard InChI is InChI=1S/C37H45N11O5S/c1-37(2,3)29-23-54-35(39-29)41-33(49)25-15-18-47-31(20-25)40-32(46-17-7-8-27(22-46)53-36(51)38-16-19-45(4)5)28(34(47)50)13-14-30-42-44-48(43-30)21-24-9-11-26(52-6)12-10-24/h9-15,18,20,23,27H,7-8,16-17,19,21-22H2,1-6H3,(H,38,51)(H,39,41,49)/t27-/m1/s1. The smallest absolute Gasteiger partial charge is 0.407 e. The SMILES string of the molecule is COc1ccc(Cn2nnc(C=Cc3c(N4CCC[C@@H](OC(=O)NCCN(C)C)C4)nc4cc(C(=O)Nc5nc(C(C)(C)C)cs5)ccn4c3=O)n2)cc1. The summed E-state index contributed by atoms with van der Waals surface area (Å²) in [5.41, 5.74) is 2.20. The number of nitrogens with zero attached hydrogens (tertiary/aromatic N) is 9. The Bertz CT molecular complexity index is 2190. The number of rotatable bonds is 12. The van der Waals surface area contributed by atoms with Crippen LogP contribution in [0.5, 0.6) is 5.75 Å². The highest BCUT2D eigenvalue weighted by Gasteiger charge is 2.27. The third kappa shape index (κ3) is 9.45. The first-order chi connectivity index (χ1) is 25.9. The number of carbonyl (C=O) groups is 2. The molecule has 4 aromatic heterocycles. The lowest BCUT2D eigenvalue weighted by molar-refractivity contribution is 0.0878. The Morgan fingerprint density at radius 3 is 2.63 bits per heavy atom. The number of carbonyl (C=O) groups excluding carboxylic acids is 2. The first-order valence-corrected chi connectivity index (χ1v) is 18.5. The van der Waals surface area contributed by atoms with Crippen LogP contribution < -0.4 is 25.8 Å². The number of pyridine rings is 1. The van der Waals surface area contributed by atoms with Crippen LogP contribution in [-0.2, 0) is 16.7 Å². The van der Waals surface area contributed by atoms with E-state index < -0.39 is 12.2 Å². The number of benzene rings is 1. The zero-order chi connectivity index (χ0) is 38.4. The van der Waals surface area contributed by atoms with Crippen LogP contribution in [-0.4, -0.2) is 105 Å². The van der Waals surface area contributed by atoms with Gasteiger partial charge in [0.1, 0.15) is 23.3 Å². The van der Waals surface area contributed by atoms with Crippen molar-refractivity contribution >= 4 is 52.1 Å². The molecule has 0 unspecified atom stereocenters. The molecule has 1 atom stereocenters.